The summed E-state index contributed by atoms with van der Waals surface area (Å²) in [6.07, 6.45) is 2.34. The van der Waals surface area contributed by atoms with Gasteiger partial charge in [0.2, 0.25) is 0 Å². The Hall–Kier alpha value is -0.150. The molecule has 0 amide bonds. The summed E-state index contributed by atoms with van der Waals surface area (Å²) in [7, 11) is 0. The zero-order chi connectivity index (χ0) is 9.64. The maximum atomic E-state index is 5.95. The highest BCUT2D eigenvalue weighted by atomic mass is 79.9. The van der Waals surface area contributed by atoms with E-state index >= 15 is 0 Å². The van der Waals surface area contributed by atoms with Crippen LogP contribution in [0.2, 0.25) is 5.15 Å². The fourth-order valence-electron chi connectivity index (χ4n) is 1.21. The summed E-state index contributed by atoms with van der Waals surface area (Å²) in [5.41, 5.74) is 1.11. The van der Waals surface area contributed by atoms with Crippen molar-refractivity contribution in [3.63, 3.8) is 0 Å². The van der Waals surface area contributed by atoms with Gasteiger partial charge >= 0.3 is 0 Å². The third-order valence-corrected chi connectivity index (χ3v) is 3.97. The predicted molar refractivity (Wildman–Crippen MR) is 56.1 cm³/mol. The highest BCUT2D eigenvalue weighted by Crippen LogP contribution is 2.46. The number of hydrogen-bond acceptors (Lipinski definition) is 2. The molecular formula is C9H10BrClN2. The van der Waals surface area contributed by atoms with Gasteiger partial charge in [-0.15, -0.1) is 0 Å². The van der Waals surface area contributed by atoms with Crippen LogP contribution in [0.1, 0.15) is 31.3 Å². The van der Waals surface area contributed by atoms with Crippen molar-refractivity contribution in [1.29, 1.82) is 0 Å². The number of nitrogens with zero attached hydrogens (tertiary/aromatic N) is 2. The third kappa shape index (κ3) is 1.59. The van der Waals surface area contributed by atoms with E-state index in [2.05, 4.69) is 32.8 Å². The van der Waals surface area contributed by atoms with Gasteiger partial charge < -0.3 is 0 Å². The van der Waals surface area contributed by atoms with Crippen LogP contribution in [-0.4, -0.2) is 9.97 Å². The molecule has 1 aliphatic carbocycles. The Bertz CT molecular complexity index is 338. The Morgan fingerprint density at radius 1 is 1.38 bits per heavy atom. The normalized spacial score (nSPS) is 18.8. The van der Waals surface area contributed by atoms with Gasteiger partial charge in [0.25, 0.3) is 0 Å². The van der Waals surface area contributed by atoms with Gasteiger partial charge in [-0.05, 0) is 35.7 Å². The second-order valence-corrected chi connectivity index (χ2v) is 4.95. The van der Waals surface area contributed by atoms with Crippen LogP contribution in [0.25, 0.3) is 0 Å². The molecule has 1 aromatic rings. The summed E-state index contributed by atoms with van der Waals surface area (Å²) >= 11 is 9.30. The quantitative estimate of drug-likeness (QED) is 0.725. The molecule has 1 aliphatic rings. The molecule has 1 fully saturated rings. The molecule has 4 heteroatoms. The van der Waals surface area contributed by atoms with E-state index in [1.54, 1.807) is 0 Å². The maximum absolute atomic E-state index is 5.95. The second-order valence-electron chi connectivity index (χ2n) is 3.80. The molecular weight excluding hydrogens is 251 g/mol. The molecule has 0 unspecified atom stereocenters. The first-order chi connectivity index (χ1) is 6.03. The van der Waals surface area contributed by atoms with Crippen LogP contribution < -0.4 is 0 Å². The van der Waals surface area contributed by atoms with Crippen molar-refractivity contribution in [2.75, 3.05) is 0 Å². The van der Waals surface area contributed by atoms with Crippen LogP contribution in [0.5, 0.6) is 0 Å². The molecule has 0 atom stereocenters. The van der Waals surface area contributed by atoms with Gasteiger partial charge in [0.1, 0.15) is 11.0 Å². The van der Waals surface area contributed by atoms with Crippen LogP contribution in [-0.2, 0) is 5.41 Å². The van der Waals surface area contributed by atoms with Gasteiger partial charge in [-0.3, -0.25) is 0 Å². The number of aryl methyl sites for hydroxylation is 1. The van der Waals surface area contributed by atoms with Crippen molar-refractivity contribution >= 4 is 27.5 Å². The Labute approximate surface area is 90.9 Å². The van der Waals surface area contributed by atoms with Gasteiger partial charge in [0.05, 0.1) is 10.2 Å². The Balaban J connectivity index is 2.50. The largest absolute Gasteiger partial charge is 0.236 e. The fourth-order valence-corrected chi connectivity index (χ4v) is 1.60. The summed E-state index contributed by atoms with van der Waals surface area (Å²) < 4.78 is 0.808. The summed E-state index contributed by atoms with van der Waals surface area (Å²) in [6.45, 7) is 4.11. The van der Waals surface area contributed by atoms with Gasteiger partial charge in [-0.2, -0.15) is 0 Å². The van der Waals surface area contributed by atoms with E-state index in [0.29, 0.717) is 5.15 Å². The smallest absolute Gasteiger partial charge is 0.147 e. The van der Waals surface area contributed by atoms with Crippen LogP contribution in [0.3, 0.4) is 0 Å². The maximum Gasteiger partial charge on any atom is 0.147 e. The first-order valence-corrected chi connectivity index (χ1v) is 5.40. The molecule has 1 heterocycles. The van der Waals surface area contributed by atoms with E-state index in [4.69, 9.17) is 11.6 Å². The lowest BCUT2D eigenvalue weighted by Crippen LogP contribution is -2.08. The van der Waals surface area contributed by atoms with E-state index in [-0.39, 0.29) is 5.41 Å². The number of halogens is 2. The highest BCUT2D eigenvalue weighted by molar-refractivity contribution is 9.10. The van der Waals surface area contributed by atoms with Crippen LogP contribution in [0, 0.1) is 6.92 Å². The van der Waals surface area contributed by atoms with Gasteiger partial charge in [-0.25, -0.2) is 9.97 Å². The molecule has 0 spiro atoms. The minimum atomic E-state index is 0.190. The zero-order valence-electron chi connectivity index (χ0n) is 7.56. The van der Waals surface area contributed by atoms with Gasteiger partial charge in [-0.1, -0.05) is 18.5 Å². The van der Waals surface area contributed by atoms with Crippen molar-refractivity contribution in [3.8, 4) is 0 Å². The molecule has 0 aliphatic heterocycles. The molecule has 0 saturated heterocycles. The summed E-state index contributed by atoms with van der Waals surface area (Å²) in [4.78, 5) is 8.70. The van der Waals surface area contributed by atoms with Gasteiger partial charge in [0.15, 0.2) is 0 Å². The topological polar surface area (TPSA) is 25.8 Å². The van der Waals surface area contributed by atoms with E-state index < -0.39 is 0 Å². The summed E-state index contributed by atoms with van der Waals surface area (Å²) in [5.74, 6) is 0.887. The van der Waals surface area contributed by atoms with Crippen LogP contribution >= 0.6 is 27.5 Å². The Kier molecular flexibility index (Phi) is 2.11. The van der Waals surface area contributed by atoms with E-state index in [1.807, 2.05) is 6.92 Å². The number of aromatic nitrogens is 2. The summed E-state index contributed by atoms with van der Waals surface area (Å²) in [5, 5.41) is 0.524. The third-order valence-electron chi connectivity index (χ3n) is 2.52. The van der Waals surface area contributed by atoms with Crippen LogP contribution in [0.4, 0.5) is 0 Å². The Morgan fingerprint density at radius 2 is 2.00 bits per heavy atom. The van der Waals surface area contributed by atoms with E-state index in [0.717, 1.165) is 16.0 Å². The van der Waals surface area contributed by atoms with Gasteiger partial charge in [0, 0.05) is 5.41 Å². The first-order valence-electron chi connectivity index (χ1n) is 4.23. The number of hydrogen-bond donors (Lipinski definition) is 0. The molecule has 2 nitrogen and oxygen atoms in total. The van der Waals surface area contributed by atoms with Crippen molar-refractivity contribution < 1.29 is 0 Å². The zero-order valence-corrected chi connectivity index (χ0v) is 9.91. The van der Waals surface area contributed by atoms with Crippen molar-refractivity contribution in [2.24, 2.45) is 0 Å². The summed E-state index contributed by atoms with van der Waals surface area (Å²) in [6, 6.07) is 0. The predicted octanol–water partition coefficient (Wildman–Crippen LogP) is 3.25. The SMILES string of the molecule is Cc1nc(C2(C)CC2)nc(Cl)c1Br. The minimum absolute atomic E-state index is 0.190. The van der Waals surface area contributed by atoms with Crippen molar-refractivity contribution in [3.05, 3.63) is 21.1 Å². The lowest BCUT2D eigenvalue weighted by molar-refractivity contribution is 0.701. The monoisotopic (exact) mass is 260 g/mol. The fraction of sp³-hybridized carbons (Fsp3) is 0.556. The molecule has 1 saturated carbocycles. The minimum Gasteiger partial charge on any atom is -0.236 e. The molecule has 0 aromatic carbocycles. The molecule has 1 aromatic heterocycles. The lowest BCUT2D eigenvalue weighted by atomic mass is 10.1. The molecule has 2 rings (SSSR count). The first kappa shape index (κ1) is 9.41. The lowest BCUT2D eigenvalue weighted by Gasteiger charge is -2.09. The number of rotatable bonds is 1. The Morgan fingerprint density at radius 3 is 2.46 bits per heavy atom. The highest BCUT2D eigenvalue weighted by Gasteiger charge is 2.42. The standard InChI is InChI=1S/C9H10BrClN2/c1-5-6(10)7(11)13-8(12-5)9(2)3-4-9/h3-4H2,1-2H3. The van der Waals surface area contributed by atoms with Crippen LogP contribution in [0.15, 0.2) is 4.47 Å². The molecule has 0 N–H and O–H groups in total. The molecule has 13 heavy (non-hydrogen) atoms. The van der Waals surface area contributed by atoms with Crippen molar-refractivity contribution in [2.45, 2.75) is 32.1 Å². The van der Waals surface area contributed by atoms with E-state index in [9.17, 15) is 0 Å². The average molecular weight is 262 g/mol. The molecule has 0 radical (unpaired) electrons. The second kappa shape index (κ2) is 2.92. The van der Waals surface area contributed by atoms with E-state index in [1.165, 1.54) is 12.8 Å². The average Bonchev–Trinajstić information content (AvgIpc) is 2.80. The van der Waals surface area contributed by atoms with Crippen molar-refractivity contribution in [1.82, 2.24) is 9.97 Å². The molecule has 0 bridgehead atoms. The molecule has 70 valence electrons.